The zero-order valence-electron chi connectivity index (χ0n) is 15.0. The molecule has 0 heterocycles. The summed E-state index contributed by atoms with van der Waals surface area (Å²) >= 11 is 0. The minimum Gasteiger partial charge on any atom is -0.494 e. The number of hydrogen-bond donors (Lipinski definition) is 1. The quantitative estimate of drug-likeness (QED) is 0.738. The van der Waals surface area contributed by atoms with Crippen molar-refractivity contribution in [3.8, 4) is 17.2 Å². The Morgan fingerprint density at radius 1 is 0.960 bits per heavy atom. The zero-order chi connectivity index (χ0) is 18.1. The summed E-state index contributed by atoms with van der Waals surface area (Å²) in [4.78, 5) is 12.6. The molecule has 0 aliphatic carbocycles. The molecule has 2 aromatic carbocycles. The minimum atomic E-state index is -0.590. The van der Waals surface area contributed by atoms with Crippen molar-refractivity contribution in [2.75, 3.05) is 18.5 Å². The van der Waals surface area contributed by atoms with Crippen LogP contribution in [0.1, 0.15) is 27.2 Å². The van der Waals surface area contributed by atoms with Crippen LogP contribution in [-0.2, 0) is 4.79 Å². The molecule has 2 rings (SSSR count). The summed E-state index contributed by atoms with van der Waals surface area (Å²) in [5.41, 5.74) is 0.577. The molecule has 0 saturated heterocycles. The molecule has 0 spiro atoms. The highest BCUT2D eigenvalue weighted by Crippen LogP contribution is 2.30. The number of ether oxygens (including phenoxy) is 3. The number of hydrogen-bond acceptors (Lipinski definition) is 4. The van der Waals surface area contributed by atoms with Crippen molar-refractivity contribution < 1.29 is 19.0 Å². The van der Waals surface area contributed by atoms with Crippen LogP contribution in [0.5, 0.6) is 17.2 Å². The number of nitrogens with one attached hydrogen (secondary N) is 1. The zero-order valence-corrected chi connectivity index (χ0v) is 15.0. The summed E-state index contributed by atoms with van der Waals surface area (Å²) in [6, 6.07) is 14.7. The Bertz CT molecular complexity index is 673. The van der Waals surface area contributed by atoms with Crippen LogP contribution in [0.3, 0.4) is 0 Å². The molecule has 0 aliphatic rings. The van der Waals surface area contributed by atoms with Crippen molar-refractivity contribution in [1.82, 2.24) is 0 Å². The highest BCUT2D eigenvalue weighted by atomic mass is 16.5. The van der Waals surface area contributed by atoms with E-state index in [-0.39, 0.29) is 5.91 Å². The molecule has 0 aromatic heterocycles. The predicted octanol–water partition coefficient (Wildman–Crippen LogP) is 4.28. The number of anilines is 1. The van der Waals surface area contributed by atoms with Crippen LogP contribution in [0.2, 0.25) is 0 Å². The van der Waals surface area contributed by atoms with Gasteiger partial charge in [-0.15, -0.1) is 0 Å². The van der Waals surface area contributed by atoms with Gasteiger partial charge in [-0.05, 0) is 44.5 Å². The van der Waals surface area contributed by atoms with E-state index in [9.17, 15) is 4.79 Å². The van der Waals surface area contributed by atoms with Gasteiger partial charge in [0, 0.05) is 6.07 Å². The molecule has 1 unspecified atom stereocenters. The molecular formula is C20H25NO4. The third-order valence-corrected chi connectivity index (χ3v) is 3.50. The molecule has 0 aliphatic heterocycles. The first-order chi connectivity index (χ1) is 12.2. The molecular weight excluding hydrogens is 318 g/mol. The maximum atomic E-state index is 12.6. The summed E-state index contributed by atoms with van der Waals surface area (Å²) < 4.78 is 16.9. The Balaban J connectivity index is 2.14. The second-order valence-electron chi connectivity index (χ2n) is 5.34. The molecule has 0 bridgehead atoms. The van der Waals surface area contributed by atoms with E-state index in [2.05, 4.69) is 5.32 Å². The van der Waals surface area contributed by atoms with E-state index >= 15 is 0 Å². The first kappa shape index (κ1) is 18.6. The maximum absolute atomic E-state index is 12.6. The summed E-state index contributed by atoms with van der Waals surface area (Å²) in [6.07, 6.45) is -0.0387. The lowest BCUT2D eigenvalue weighted by Gasteiger charge is -2.19. The van der Waals surface area contributed by atoms with Gasteiger partial charge in [0.25, 0.3) is 5.91 Å². The molecule has 5 nitrogen and oxygen atoms in total. The molecule has 25 heavy (non-hydrogen) atoms. The number of rotatable bonds is 9. The van der Waals surface area contributed by atoms with E-state index in [1.807, 2.05) is 57.2 Å². The van der Waals surface area contributed by atoms with Gasteiger partial charge in [-0.1, -0.05) is 25.1 Å². The van der Waals surface area contributed by atoms with Crippen LogP contribution < -0.4 is 19.5 Å². The van der Waals surface area contributed by atoms with E-state index in [1.165, 1.54) is 0 Å². The van der Waals surface area contributed by atoms with Gasteiger partial charge in [0.1, 0.15) is 17.2 Å². The van der Waals surface area contributed by atoms with Crippen LogP contribution >= 0.6 is 0 Å². The highest BCUT2D eigenvalue weighted by Gasteiger charge is 2.20. The van der Waals surface area contributed by atoms with Gasteiger partial charge < -0.3 is 19.5 Å². The van der Waals surface area contributed by atoms with E-state index in [0.717, 1.165) is 0 Å². The predicted molar refractivity (Wildman–Crippen MR) is 98.6 cm³/mol. The van der Waals surface area contributed by atoms with Gasteiger partial charge in [0.05, 0.1) is 18.9 Å². The van der Waals surface area contributed by atoms with Crippen molar-refractivity contribution in [3.63, 3.8) is 0 Å². The summed E-state index contributed by atoms with van der Waals surface area (Å²) in [5.74, 6) is 1.73. The summed E-state index contributed by atoms with van der Waals surface area (Å²) in [7, 11) is 0. The number of carbonyl (C=O) groups excluding carboxylic acids is 1. The Morgan fingerprint density at radius 2 is 1.68 bits per heavy atom. The Hall–Kier alpha value is -2.69. The van der Waals surface area contributed by atoms with E-state index < -0.39 is 6.10 Å². The van der Waals surface area contributed by atoms with Gasteiger partial charge in [-0.25, -0.2) is 0 Å². The number of carbonyl (C=O) groups is 1. The number of amides is 1. The molecule has 5 heteroatoms. The Labute approximate surface area is 148 Å². The van der Waals surface area contributed by atoms with Crippen LogP contribution in [0, 0.1) is 0 Å². The molecule has 1 atom stereocenters. The minimum absolute atomic E-state index is 0.221. The van der Waals surface area contributed by atoms with Crippen LogP contribution in [0.25, 0.3) is 0 Å². The molecule has 0 radical (unpaired) electrons. The summed E-state index contributed by atoms with van der Waals surface area (Å²) in [5, 5.41) is 2.90. The highest BCUT2D eigenvalue weighted by molar-refractivity contribution is 5.95. The second kappa shape index (κ2) is 9.57. The SMILES string of the molecule is CCOc1ccc(OCC)c(NC(=O)C(CC)Oc2ccccc2)c1. The molecule has 134 valence electrons. The van der Waals surface area contributed by atoms with Crippen molar-refractivity contribution in [3.05, 3.63) is 48.5 Å². The first-order valence-corrected chi connectivity index (χ1v) is 8.60. The van der Waals surface area contributed by atoms with Crippen LogP contribution in [0.15, 0.2) is 48.5 Å². The van der Waals surface area contributed by atoms with Crippen molar-refractivity contribution in [1.29, 1.82) is 0 Å². The van der Waals surface area contributed by atoms with Crippen LogP contribution in [0.4, 0.5) is 5.69 Å². The normalized spacial score (nSPS) is 11.5. The molecule has 1 N–H and O–H groups in total. The lowest BCUT2D eigenvalue weighted by Crippen LogP contribution is -2.32. The Morgan fingerprint density at radius 3 is 2.32 bits per heavy atom. The Kier molecular flexibility index (Phi) is 7.14. The smallest absolute Gasteiger partial charge is 0.265 e. The standard InChI is InChI=1S/C20H25NO4/c1-4-18(25-15-10-8-7-9-11-15)20(22)21-17-14-16(23-5-2)12-13-19(17)24-6-3/h7-14,18H,4-6H2,1-3H3,(H,21,22). The van der Waals surface area contributed by atoms with Gasteiger partial charge in [0.2, 0.25) is 0 Å². The monoisotopic (exact) mass is 343 g/mol. The third kappa shape index (κ3) is 5.41. The molecule has 0 fully saturated rings. The average Bonchev–Trinajstić information content (AvgIpc) is 2.63. The lowest BCUT2D eigenvalue weighted by molar-refractivity contribution is -0.122. The van der Waals surface area contributed by atoms with E-state index in [1.54, 1.807) is 12.1 Å². The molecule has 0 saturated carbocycles. The topological polar surface area (TPSA) is 56.8 Å². The fourth-order valence-corrected chi connectivity index (χ4v) is 2.34. The van der Waals surface area contributed by atoms with Gasteiger partial charge in [-0.3, -0.25) is 4.79 Å². The van der Waals surface area contributed by atoms with Crippen molar-refractivity contribution in [2.24, 2.45) is 0 Å². The van der Waals surface area contributed by atoms with E-state index in [4.69, 9.17) is 14.2 Å². The lowest BCUT2D eigenvalue weighted by atomic mass is 10.2. The van der Waals surface area contributed by atoms with Gasteiger partial charge in [0.15, 0.2) is 6.10 Å². The molecule has 1 amide bonds. The van der Waals surface area contributed by atoms with Crippen molar-refractivity contribution >= 4 is 11.6 Å². The fourth-order valence-electron chi connectivity index (χ4n) is 2.34. The third-order valence-electron chi connectivity index (χ3n) is 3.50. The number of benzene rings is 2. The molecule has 2 aromatic rings. The second-order valence-corrected chi connectivity index (χ2v) is 5.34. The fraction of sp³-hybridized carbons (Fsp3) is 0.350. The van der Waals surface area contributed by atoms with Gasteiger partial charge in [-0.2, -0.15) is 0 Å². The van der Waals surface area contributed by atoms with Crippen molar-refractivity contribution in [2.45, 2.75) is 33.3 Å². The number of para-hydroxylation sites is 1. The van der Waals surface area contributed by atoms with Crippen LogP contribution in [-0.4, -0.2) is 25.2 Å². The largest absolute Gasteiger partial charge is 0.494 e. The van der Waals surface area contributed by atoms with Gasteiger partial charge >= 0.3 is 0 Å². The average molecular weight is 343 g/mol. The maximum Gasteiger partial charge on any atom is 0.265 e. The first-order valence-electron chi connectivity index (χ1n) is 8.60. The van der Waals surface area contributed by atoms with E-state index in [0.29, 0.717) is 42.6 Å². The summed E-state index contributed by atoms with van der Waals surface area (Å²) in [6.45, 7) is 6.78.